The summed E-state index contributed by atoms with van der Waals surface area (Å²) in [6.07, 6.45) is 0. The molecule has 168 valence electrons. The van der Waals surface area contributed by atoms with Crippen LogP contribution in [0.5, 0.6) is 0 Å². The summed E-state index contributed by atoms with van der Waals surface area (Å²) >= 11 is 1.65. The molecule has 0 amide bonds. The molecule has 6 rings (SSSR count). The number of hydrogen-bond donors (Lipinski definition) is 1. The van der Waals surface area contributed by atoms with Gasteiger partial charge in [0.05, 0.1) is 11.4 Å². The summed E-state index contributed by atoms with van der Waals surface area (Å²) in [7, 11) is 2.04. The van der Waals surface area contributed by atoms with Crippen LogP contribution in [0.2, 0.25) is 0 Å². The minimum Gasteiger partial charge on any atom is -0.463 e. The topological polar surface area (TPSA) is 55.6 Å². The van der Waals surface area contributed by atoms with Crippen molar-refractivity contribution in [1.82, 2.24) is 0 Å². The lowest BCUT2D eigenvalue weighted by molar-refractivity contribution is -0.145. The molecule has 1 aliphatic carbocycles. The summed E-state index contributed by atoms with van der Waals surface area (Å²) in [5.74, 6) is -0.391. The van der Waals surface area contributed by atoms with Gasteiger partial charge in [-0.15, -0.1) is 0 Å². The molecule has 5 heteroatoms. The minimum absolute atomic E-state index is 0.0145. The second-order valence-electron chi connectivity index (χ2n) is 8.66. The van der Waals surface area contributed by atoms with Crippen LogP contribution in [0.25, 0.3) is 11.1 Å². The molecule has 34 heavy (non-hydrogen) atoms. The fraction of sp³-hybridized carbons (Fsp3) is 0.138. The third-order valence-electron chi connectivity index (χ3n) is 6.77. The number of benzene rings is 4. The Morgan fingerprint density at radius 3 is 2.24 bits per heavy atom. The van der Waals surface area contributed by atoms with Crippen molar-refractivity contribution in [2.45, 2.75) is 21.8 Å². The van der Waals surface area contributed by atoms with Crippen molar-refractivity contribution in [3.8, 4) is 11.1 Å². The van der Waals surface area contributed by atoms with E-state index in [9.17, 15) is 4.79 Å². The summed E-state index contributed by atoms with van der Waals surface area (Å²) in [5, 5.41) is 0. The van der Waals surface area contributed by atoms with E-state index in [2.05, 4.69) is 47.4 Å². The van der Waals surface area contributed by atoms with Crippen LogP contribution in [-0.2, 0) is 9.53 Å². The van der Waals surface area contributed by atoms with E-state index in [0.717, 1.165) is 26.7 Å². The van der Waals surface area contributed by atoms with Crippen LogP contribution in [0.1, 0.15) is 28.7 Å². The zero-order chi connectivity index (χ0) is 23.2. The first-order chi connectivity index (χ1) is 16.6. The molecule has 4 nitrogen and oxygen atoms in total. The average Bonchev–Trinajstić information content (AvgIpc) is 3.20. The number of nitrogens with zero attached hydrogens (tertiary/aromatic N) is 1. The molecule has 4 aromatic carbocycles. The lowest BCUT2D eigenvalue weighted by atomic mass is 9.98. The summed E-state index contributed by atoms with van der Waals surface area (Å²) in [6.45, 7) is 0.269. The molecule has 0 saturated carbocycles. The molecular weight excluding hydrogens is 440 g/mol. The van der Waals surface area contributed by atoms with Gasteiger partial charge in [-0.1, -0.05) is 84.6 Å². The van der Waals surface area contributed by atoms with Gasteiger partial charge in [0.15, 0.2) is 0 Å². The molecule has 0 aromatic heterocycles. The Kier molecular flexibility index (Phi) is 5.16. The summed E-state index contributed by atoms with van der Waals surface area (Å²) in [6, 6.07) is 30.0. The number of hydrogen-bond acceptors (Lipinski definition) is 5. The molecule has 0 saturated heterocycles. The molecule has 0 bridgehead atoms. The maximum atomic E-state index is 13.2. The van der Waals surface area contributed by atoms with E-state index in [1.807, 2.05) is 55.6 Å². The molecule has 1 atom stereocenters. The number of carbonyl (C=O) groups excluding carboxylic acids is 1. The molecule has 1 unspecified atom stereocenters. The summed E-state index contributed by atoms with van der Waals surface area (Å²) in [4.78, 5) is 17.5. The quantitative estimate of drug-likeness (QED) is 0.361. The number of para-hydroxylation sites is 1. The van der Waals surface area contributed by atoms with Crippen LogP contribution in [0.15, 0.2) is 101 Å². The van der Waals surface area contributed by atoms with Gasteiger partial charge in [0.1, 0.15) is 12.6 Å². The minimum atomic E-state index is -0.854. The highest BCUT2D eigenvalue weighted by Crippen LogP contribution is 2.50. The van der Waals surface area contributed by atoms with E-state index >= 15 is 0 Å². The normalized spacial score (nSPS) is 14.6. The number of anilines is 2. The molecule has 4 aromatic rings. The molecular formula is C29H24N2O2S. The lowest BCUT2D eigenvalue weighted by Crippen LogP contribution is -2.27. The van der Waals surface area contributed by atoms with E-state index in [1.54, 1.807) is 11.8 Å². The van der Waals surface area contributed by atoms with E-state index in [4.69, 9.17) is 10.5 Å². The predicted octanol–water partition coefficient (Wildman–Crippen LogP) is 6.27. The van der Waals surface area contributed by atoms with Crippen LogP contribution < -0.4 is 10.6 Å². The summed E-state index contributed by atoms with van der Waals surface area (Å²) < 4.78 is 5.86. The Balaban J connectivity index is 1.25. The first kappa shape index (κ1) is 21.0. The van der Waals surface area contributed by atoms with Gasteiger partial charge >= 0.3 is 5.97 Å². The number of carbonyl (C=O) groups is 1. The van der Waals surface area contributed by atoms with Gasteiger partial charge in [-0.05, 0) is 46.0 Å². The predicted molar refractivity (Wildman–Crippen MR) is 137 cm³/mol. The van der Waals surface area contributed by atoms with Crippen LogP contribution in [-0.4, -0.2) is 19.6 Å². The van der Waals surface area contributed by atoms with Gasteiger partial charge in [-0.3, -0.25) is 0 Å². The molecule has 1 heterocycles. The van der Waals surface area contributed by atoms with Crippen molar-refractivity contribution >= 4 is 29.1 Å². The van der Waals surface area contributed by atoms with Crippen molar-refractivity contribution in [3.63, 3.8) is 0 Å². The SMILES string of the molecule is CN1c2ccccc2Sc2c(C(N)C(=O)OCC3c4ccccc4-c4ccccc43)cccc21. The largest absolute Gasteiger partial charge is 0.463 e. The second kappa shape index (κ2) is 8.35. The van der Waals surface area contributed by atoms with Gasteiger partial charge in [-0.2, -0.15) is 0 Å². The molecule has 1 aliphatic heterocycles. The first-order valence-corrected chi connectivity index (χ1v) is 12.2. The molecule has 0 fully saturated rings. The van der Waals surface area contributed by atoms with Crippen LogP contribution in [0.4, 0.5) is 11.4 Å². The van der Waals surface area contributed by atoms with E-state index < -0.39 is 12.0 Å². The third-order valence-corrected chi connectivity index (χ3v) is 7.98. The number of rotatable bonds is 4. The van der Waals surface area contributed by atoms with Crippen molar-refractivity contribution in [2.75, 3.05) is 18.6 Å². The van der Waals surface area contributed by atoms with Gasteiger partial charge < -0.3 is 15.4 Å². The molecule has 0 radical (unpaired) electrons. The van der Waals surface area contributed by atoms with Crippen molar-refractivity contribution < 1.29 is 9.53 Å². The highest BCUT2D eigenvalue weighted by Gasteiger charge is 2.31. The average molecular weight is 465 g/mol. The fourth-order valence-electron chi connectivity index (χ4n) is 5.04. The monoisotopic (exact) mass is 464 g/mol. The Morgan fingerprint density at radius 1 is 0.882 bits per heavy atom. The second-order valence-corrected chi connectivity index (χ2v) is 9.71. The maximum Gasteiger partial charge on any atom is 0.327 e. The van der Waals surface area contributed by atoms with E-state index in [-0.39, 0.29) is 12.5 Å². The Morgan fingerprint density at radius 2 is 1.50 bits per heavy atom. The highest BCUT2D eigenvalue weighted by molar-refractivity contribution is 7.99. The lowest BCUT2D eigenvalue weighted by Gasteiger charge is -2.31. The van der Waals surface area contributed by atoms with Gasteiger partial charge in [-0.25, -0.2) is 4.79 Å². The van der Waals surface area contributed by atoms with Gasteiger partial charge in [0, 0.05) is 22.8 Å². The van der Waals surface area contributed by atoms with Crippen LogP contribution >= 0.6 is 11.8 Å². The number of fused-ring (bicyclic) bond motifs is 5. The Hall–Kier alpha value is -3.54. The molecule has 0 spiro atoms. The van der Waals surface area contributed by atoms with Crippen molar-refractivity contribution in [3.05, 3.63) is 108 Å². The van der Waals surface area contributed by atoms with Crippen molar-refractivity contribution in [2.24, 2.45) is 5.73 Å². The van der Waals surface area contributed by atoms with Crippen LogP contribution in [0, 0.1) is 0 Å². The standard InChI is InChI=1S/C29H24N2O2S/c1-31-24-14-6-7-16-26(24)34-28-22(13-8-15-25(28)31)27(30)29(32)33-17-23-20-11-4-2-9-18(20)19-10-3-5-12-21(19)23/h2-16,23,27H,17,30H2,1H3. The number of esters is 1. The molecule has 2 N–H and O–H groups in total. The van der Waals surface area contributed by atoms with Gasteiger partial charge in [0.25, 0.3) is 0 Å². The zero-order valence-electron chi connectivity index (χ0n) is 18.8. The Bertz CT molecular complexity index is 1370. The maximum absolute atomic E-state index is 13.2. The fourth-order valence-corrected chi connectivity index (χ4v) is 6.34. The molecule has 2 aliphatic rings. The van der Waals surface area contributed by atoms with Gasteiger partial charge in [0.2, 0.25) is 0 Å². The number of nitrogens with two attached hydrogens (primary N) is 1. The summed E-state index contributed by atoms with van der Waals surface area (Å²) in [5.41, 5.74) is 14.3. The highest BCUT2D eigenvalue weighted by atomic mass is 32.2. The van der Waals surface area contributed by atoms with Crippen LogP contribution in [0.3, 0.4) is 0 Å². The van der Waals surface area contributed by atoms with E-state index in [1.165, 1.54) is 22.3 Å². The first-order valence-electron chi connectivity index (χ1n) is 11.4. The number of ether oxygens (including phenoxy) is 1. The van der Waals surface area contributed by atoms with Crippen molar-refractivity contribution in [1.29, 1.82) is 0 Å². The third kappa shape index (κ3) is 3.31. The van der Waals surface area contributed by atoms with E-state index in [0.29, 0.717) is 0 Å². The smallest absolute Gasteiger partial charge is 0.327 e. The zero-order valence-corrected chi connectivity index (χ0v) is 19.6. The Labute approximate surface area is 203 Å².